The van der Waals surface area contributed by atoms with E-state index < -0.39 is 5.97 Å². The summed E-state index contributed by atoms with van der Waals surface area (Å²) in [5.41, 5.74) is 5.82. The first kappa shape index (κ1) is 17.3. The average molecular weight is 315 g/mol. The van der Waals surface area contributed by atoms with Gasteiger partial charge in [0, 0.05) is 12.5 Å². The number of aromatic carboxylic acids is 1. The van der Waals surface area contributed by atoms with Gasteiger partial charge in [-0.3, -0.25) is 4.79 Å². The van der Waals surface area contributed by atoms with Crippen LogP contribution in [0.2, 0.25) is 5.02 Å². The van der Waals surface area contributed by atoms with E-state index in [0.29, 0.717) is 12.2 Å². The molecule has 1 aromatic rings. The third kappa shape index (κ3) is 4.61. The molecule has 1 rings (SSSR count). The number of hydrogen-bond acceptors (Lipinski definition) is 4. The number of hydrogen-bond donors (Lipinski definition) is 3. The molecule has 0 aliphatic rings. The second kappa shape index (κ2) is 7.85. The molecule has 1 unspecified atom stereocenters. The maximum atomic E-state index is 11.9. The minimum absolute atomic E-state index is 0.0612. The normalized spacial score (nSPS) is 11.8. The highest BCUT2D eigenvalue weighted by molar-refractivity contribution is 6.34. The Morgan fingerprint density at radius 1 is 1.48 bits per heavy atom. The predicted molar refractivity (Wildman–Crippen MR) is 81.0 cm³/mol. The highest BCUT2D eigenvalue weighted by atomic mass is 35.5. The van der Waals surface area contributed by atoms with Gasteiger partial charge in [0.15, 0.2) is 0 Å². The fraction of sp³-hybridized carbons (Fsp3) is 0.429. The molecule has 1 atom stereocenters. The molecule has 116 valence electrons. The van der Waals surface area contributed by atoms with Crippen molar-refractivity contribution in [2.75, 3.05) is 19.0 Å². The summed E-state index contributed by atoms with van der Waals surface area (Å²) in [6, 6.07) is 2.64. The van der Waals surface area contributed by atoms with E-state index in [0.717, 1.165) is 6.42 Å². The summed E-state index contributed by atoms with van der Waals surface area (Å²) in [5.74, 6) is -1.14. The maximum Gasteiger partial charge on any atom is 0.339 e. The van der Waals surface area contributed by atoms with Crippen molar-refractivity contribution >= 4 is 29.2 Å². The van der Waals surface area contributed by atoms with Crippen molar-refractivity contribution in [1.29, 1.82) is 0 Å². The number of amides is 1. The molecule has 6 nitrogen and oxygen atoms in total. The van der Waals surface area contributed by atoms with Crippen LogP contribution in [-0.2, 0) is 4.79 Å². The van der Waals surface area contributed by atoms with E-state index in [4.69, 9.17) is 27.2 Å². The molecule has 0 aliphatic carbocycles. The molecule has 1 amide bonds. The van der Waals surface area contributed by atoms with Gasteiger partial charge in [-0.15, -0.1) is 0 Å². The Bertz CT molecular complexity index is 530. The fourth-order valence-corrected chi connectivity index (χ4v) is 2.05. The van der Waals surface area contributed by atoms with Crippen LogP contribution in [-0.4, -0.2) is 30.6 Å². The van der Waals surface area contributed by atoms with Crippen molar-refractivity contribution in [3.8, 4) is 5.75 Å². The maximum absolute atomic E-state index is 11.9. The molecule has 0 aliphatic heterocycles. The molecule has 0 aromatic heterocycles. The van der Waals surface area contributed by atoms with Crippen LogP contribution in [0.5, 0.6) is 5.75 Å². The monoisotopic (exact) mass is 314 g/mol. The van der Waals surface area contributed by atoms with Crippen molar-refractivity contribution in [2.24, 2.45) is 11.7 Å². The van der Waals surface area contributed by atoms with Crippen LogP contribution in [0, 0.1) is 5.92 Å². The van der Waals surface area contributed by atoms with Crippen molar-refractivity contribution in [1.82, 2.24) is 0 Å². The number of benzene rings is 1. The molecule has 4 N–H and O–H groups in total. The van der Waals surface area contributed by atoms with Crippen molar-refractivity contribution in [3.05, 3.63) is 22.7 Å². The number of carbonyl (C=O) groups is 2. The van der Waals surface area contributed by atoms with Crippen LogP contribution in [0.4, 0.5) is 5.69 Å². The topological polar surface area (TPSA) is 102 Å². The fourth-order valence-electron chi connectivity index (χ4n) is 1.84. The van der Waals surface area contributed by atoms with E-state index in [1.54, 1.807) is 0 Å². The summed E-state index contributed by atoms with van der Waals surface area (Å²) in [5, 5.41) is 11.8. The number of nitrogens with two attached hydrogens (primary N) is 1. The van der Waals surface area contributed by atoms with Crippen LogP contribution in [0.1, 0.15) is 30.1 Å². The first-order valence-corrected chi connectivity index (χ1v) is 6.91. The van der Waals surface area contributed by atoms with Gasteiger partial charge in [0.1, 0.15) is 11.3 Å². The molecule has 0 fully saturated rings. The zero-order valence-electron chi connectivity index (χ0n) is 12.0. The van der Waals surface area contributed by atoms with E-state index in [2.05, 4.69) is 5.32 Å². The van der Waals surface area contributed by atoms with E-state index in [1.807, 2.05) is 6.92 Å². The van der Waals surface area contributed by atoms with E-state index in [1.165, 1.54) is 19.2 Å². The van der Waals surface area contributed by atoms with Crippen LogP contribution in [0.25, 0.3) is 0 Å². The second-order valence-electron chi connectivity index (χ2n) is 4.60. The number of carbonyl (C=O) groups excluding carboxylic acids is 1. The van der Waals surface area contributed by atoms with Crippen LogP contribution < -0.4 is 15.8 Å². The third-order valence-electron chi connectivity index (χ3n) is 3.18. The lowest BCUT2D eigenvalue weighted by atomic mass is 10.0. The smallest absolute Gasteiger partial charge is 0.339 e. The molecular formula is C14H19ClN2O4. The van der Waals surface area contributed by atoms with Crippen molar-refractivity contribution in [2.45, 2.75) is 19.8 Å². The Hall–Kier alpha value is -1.79. The van der Waals surface area contributed by atoms with Gasteiger partial charge in [0.05, 0.1) is 17.8 Å². The summed E-state index contributed by atoms with van der Waals surface area (Å²) in [6.07, 6.45) is 1.09. The highest BCUT2D eigenvalue weighted by Crippen LogP contribution is 2.31. The molecule has 0 bridgehead atoms. The molecule has 0 heterocycles. The third-order valence-corrected chi connectivity index (χ3v) is 3.49. The van der Waals surface area contributed by atoms with Crippen molar-refractivity contribution in [3.63, 3.8) is 0 Å². The van der Waals surface area contributed by atoms with Gasteiger partial charge in [-0.2, -0.15) is 0 Å². The minimum Gasteiger partial charge on any atom is -0.496 e. The molecule has 0 saturated heterocycles. The Kier molecular flexibility index (Phi) is 6.45. The molecule has 7 heteroatoms. The summed E-state index contributed by atoms with van der Waals surface area (Å²) < 4.78 is 5.00. The summed E-state index contributed by atoms with van der Waals surface area (Å²) >= 11 is 5.99. The Morgan fingerprint density at radius 2 is 2.14 bits per heavy atom. The van der Waals surface area contributed by atoms with Crippen LogP contribution >= 0.6 is 11.6 Å². The van der Waals surface area contributed by atoms with E-state index in [-0.39, 0.29) is 34.6 Å². The SMILES string of the molecule is CCC(CN)CC(=O)Nc1cc(OC)c(C(=O)O)cc1Cl. The quantitative estimate of drug-likeness (QED) is 0.717. The molecular weight excluding hydrogens is 296 g/mol. The van der Waals surface area contributed by atoms with Crippen LogP contribution in [0.3, 0.4) is 0 Å². The van der Waals surface area contributed by atoms with Gasteiger partial charge < -0.3 is 20.9 Å². The number of nitrogens with one attached hydrogen (secondary N) is 1. The number of methoxy groups -OCH3 is 1. The molecule has 0 radical (unpaired) electrons. The predicted octanol–water partition coefficient (Wildman–Crippen LogP) is 2.36. The summed E-state index contributed by atoms with van der Waals surface area (Å²) in [7, 11) is 1.35. The zero-order chi connectivity index (χ0) is 16.0. The molecule has 1 aromatic carbocycles. The van der Waals surface area contributed by atoms with E-state index in [9.17, 15) is 9.59 Å². The van der Waals surface area contributed by atoms with Gasteiger partial charge in [0.2, 0.25) is 5.91 Å². The lowest BCUT2D eigenvalue weighted by Gasteiger charge is -2.14. The highest BCUT2D eigenvalue weighted by Gasteiger charge is 2.17. The summed E-state index contributed by atoms with van der Waals surface area (Å²) in [4.78, 5) is 23.0. The van der Waals surface area contributed by atoms with Gasteiger partial charge >= 0.3 is 5.97 Å². The van der Waals surface area contributed by atoms with Gasteiger partial charge in [-0.05, 0) is 18.5 Å². The minimum atomic E-state index is -1.15. The molecule has 0 saturated carbocycles. The number of rotatable bonds is 7. The van der Waals surface area contributed by atoms with Gasteiger partial charge in [0.25, 0.3) is 0 Å². The van der Waals surface area contributed by atoms with Gasteiger partial charge in [-0.25, -0.2) is 4.79 Å². The average Bonchev–Trinajstić information content (AvgIpc) is 2.46. The van der Waals surface area contributed by atoms with Crippen molar-refractivity contribution < 1.29 is 19.4 Å². The Morgan fingerprint density at radius 3 is 2.62 bits per heavy atom. The summed E-state index contributed by atoms with van der Waals surface area (Å²) in [6.45, 7) is 2.39. The number of ether oxygens (including phenoxy) is 1. The standard InChI is InChI=1S/C14H19ClN2O4/c1-3-8(7-16)4-13(18)17-11-6-12(21-2)9(14(19)20)5-10(11)15/h5-6,8H,3-4,7,16H2,1-2H3,(H,17,18)(H,19,20). The largest absolute Gasteiger partial charge is 0.496 e. The van der Waals surface area contributed by atoms with E-state index >= 15 is 0 Å². The van der Waals surface area contributed by atoms with Crippen LogP contribution in [0.15, 0.2) is 12.1 Å². The Labute approximate surface area is 128 Å². The molecule has 21 heavy (non-hydrogen) atoms. The zero-order valence-corrected chi connectivity index (χ0v) is 12.7. The molecule has 0 spiro atoms. The lowest BCUT2D eigenvalue weighted by molar-refractivity contribution is -0.117. The first-order chi connectivity index (χ1) is 9.92. The number of halogens is 1. The lowest BCUT2D eigenvalue weighted by Crippen LogP contribution is -2.22. The number of carboxylic acids is 1. The Balaban J connectivity index is 2.93. The number of carboxylic acid groups (broad SMARTS) is 1. The first-order valence-electron chi connectivity index (χ1n) is 6.53. The number of anilines is 1. The second-order valence-corrected chi connectivity index (χ2v) is 5.01. The van der Waals surface area contributed by atoms with Gasteiger partial charge in [-0.1, -0.05) is 24.9 Å².